The highest BCUT2D eigenvalue weighted by molar-refractivity contribution is 5.96. The summed E-state index contributed by atoms with van der Waals surface area (Å²) >= 11 is 0. The largest absolute Gasteiger partial charge is 0.323 e. The SMILES string of the molecule is Cc1ccc(N2CC(c3nc4ccccc4n3Cc3ccc(C(C)(C)C)cc3)CC2=O)cc1C. The first-order chi connectivity index (χ1) is 16.2. The number of para-hydroxylation sites is 2. The van der Waals surface area contributed by atoms with Gasteiger partial charge >= 0.3 is 0 Å². The fourth-order valence-corrected chi connectivity index (χ4v) is 4.89. The molecule has 4 nitrogen and oxygen atoms in total. The predicted octanol–water partition coefficient (Wildman–Crippen LogP) is 6.52. The lowest BCUT2D eigenvalue weighted by atomic mass is 9.87. The molecular formula is C30H33N3O. The van der Waals surface area contributed by atoms with Crippen LogP contribution in [0.1, 0.15) is 61.2 Å². The Balaban J connectivity index is 1.49. The van der Waals surface area contributed by atoms with Crippen molar-refractivity contribution in [2.45, 2.75) is 58.9 Å². The van der Waals surface area contributed by atoms with Crippen LogP contribution in [0.15, 0.2) is 66.7 Å². The molecule has 0 radical (unpaired) electrons. The van der Waals surface area contributed by atoms with Crippen LogP contribution in [0.4, 0.5) is 5.69 Å². The number of hydrogen-bond donors (Lipinski definition) is 0. The van der Waals surface area contributed by atoms with Gasteiger partial charge < -0.3 is 9.47 Å². The van der Waals surface area contributed by atoms with Crippen LogP contribution in [0.25, 0.3) is 11.0 Å². The van der Waals surface area contributed by atoms with E-state index in [1.165, 1.54) is 22.3 Å². The molecule has 1 aliphatic rings. The first kappa shape index (κ1) is 22.4. The Morgan fingerprint density at radius 1 is 0.941 bits per heavy atom. The second kappa shape index (κ2) is 8.43. The average Bonchev–Trinajstić information content (AvgIpc) is 3.36. The maximum absolute atomic E-state index is 13.1. The van der Waals surface area contributed by atoms with Crippen molar-refractivity contribution in [1.29, 1.82) is 0 Å². The van der Waals surface area contributed by atoms with E-state index in [9.17, 15) is 4.79 Å². The lowest BCUT2D eigenvalue weighted by Gasteiger charge is -2.20. The van der Waals surface area contributed by atoms with Crippen molar-refractivity contribution in [3.05, 3.63) is 94.8 Å². The molecule has 2 heterocycles. The maximum atomic E-state index is 13.1. The molecule has 1 atom stereocenters. The second-order valence-corrected chi connectivity index (χ2v) is 10.7. The van der Waals surface area contributed by atoms with E-state index < -0.39 is 0 Å². The number of nitrogens with zero attached hydrogens (tertiary/aromatic N) is 3. The molecule has 1 fully saturated rings. The number of carbonyl (C=O) groups is 1. The molecule has 34 heavy (non-hydrogen) atoms. The Morgan fingerprint density at radius 2 is 1.68 bits per heavy atom. The van der Waals surface area contributed by atoms with E-state index in [4.69, 9.17) is 4.98 Å². The standard InChI is InChI=1S/C30H33N3O/c1-20-10-15-25(16-21(20)2)32-19-23(17-28(32)34)29-31-26-8-6-7-9-27(26)33(29)18-22-11-13-24(14-12-22)30(3,4)5/h6-16,23H,17-19H2,1-5H3. The third kappa shape index (κ3) is 4.13. The number of imidazole rings is 1. The number of amides is 1. The number of aromatic nitrogens is 2. The zero-order valence-electron chi connectivity index (χ0n) is 20.8. The van der Waals surface area contributed by atoms with Gasteiger partial charge in [0, 0.05) is 31.1 Å². The van der Waals surface area contributed by atoms with Crippen molar-refractivity contribution in [3.63, 3.8) is 0 Å². The first-order valence-corrected chi connectivity index (χ1v) is 12.1. The minimum Gasteiger partial charge on any atom is -0.323 e. The minimum atomic E-state index is 0.0651. The molecule has 0 saturated carbocycles. The van der Waals surface area contributed by atoms with Gasteiger partial charge in [0.25, 0.3) is 0 Å². The quantitative estimate of drug-likeness (QED) is 0.354. The summed E-state index contributed by atoms with van der Waals surface area (Å²) < 4.78 is 2.31. The van der Waals surface area contributed by atoms with Crippen LogP contribution in [0.3, 0.4) is 0 Å². The molecule has 3 aromatic carbocycles. The fraction of sp³-hybridized carbons (Fsp3) is 0.333. The van der Waals surface area contributed by atoms with Gasteiger partial charge in [-0.15, -0.1) is 0 Å². The Kier molecular flexibility index (Phi) is 5.55. The third-order valence-corrected chi connectivity index (χ3v) is 7.14. The predicted molar refractivity (Wildman–Crippen MR) is 140 cm³/mol. The number of hydrogen-bond acceptors (Lipinski definition) is 2. The number of carbonyl (C=O) groups excluding carboxylic acids is 1. The number of benzene rings is 3. The van der Waals surface area contributed by atoms with E-state index in [2.05, 4.69) is 99.8 Å². The first-order valence-electron chi connectivity index (χ1n) is 12.1. The van der Waals surface area contributed by atoms with Crippen LogP contribution in [0.5, 0.6) is 0 Å². The summed E-state index contributed by atoms with van der Waals surface area (Å²) in [6, 6.07) is 23.5. The number of aryl methyl sites for hydroxylation is 2. The molecule has 1 unspecified atom stereocenters. The second-order valence-electron chi connectivity index (χ2n) is 10.7. The van der Waals surface area contributed by atoms with Crippen molar-refractivity contribution in [2.75, 3.05) is 11.4 Å². The fourth-order valence-electron chi connectivity index (χ4n) is 4.89. The molecule has 174 valence electrons. The van der Waals surface area contributed by atoms with Gasteiger partial charge in [0.15, 0.2) is 0 Å². The van der Waals surface area contributed by atoms with Crippen LogP contribution in [0.2, 0.25) is 0 Å². The van der Waals surface area contributed by atoms with Crippen molar-refractivity contribution >= 4 is 22.6 Å². The lowest BCUT2D eigenvalue weighted by Crippen LogP contribution is -2.24. The van der Waals surface area contributed by atoms with Crippen molar-refractivity contribution < 1.29 is 4.79 Å². The molecular weight excluding hydrogens is 418 g/mol. The summed E-state index contributed by atoms with van der Waals surface area (Å²) in [6.45, 7) is 12.3. The van der Waals surface area contributed by atoms with Crippen LogP contribution in [-0.4, -0.2) is 22.0 Å². The maximum Gasteiger partial charge on any atom is 0.227 e. The van der Waals surface area contributed by atoms with Gasteiger partial charge in [-0.25, -0.2) is 4.98 Å². The summed E-state index contributed by atoms with van der Waals surface area (Å²) in [5.41, 5.74) is 8.25. The molecule has 1 amide bonds. The topological polar surface area (TPSA) is 38.1 Å². The smallest absolute Gasteiger partial charge is 0.227 e. The monoisotopic (exact) mass is 451 g/mol. The lowest BCUT2D eigenvalue weighted by molar-refractivity contribution is -0.117. The van der Waals surface area contributed by atoms with Crippen LogP contribution < -0.4 is 4.90 Å². The third-order valence-electron chi connectivity index (χ3n) is 7.14. The van der Waals surface area contributed by atoms with Crippen LogP contribution >= 0.6 is 0 Å². The number of anilines is 1. The van der Waals surface area contributed by atoms with Crippen LogP contribution in [0, 0.1) is 13.8 Å². The number of rotatable bonds is 4. The highest BCUT2D eigenvalue weighted by atomic mass is 16.2. The van der Waals surface area contributed by atoms with Crippen LogP contribution in [-0.2, 0) is 16.8 Å². The van der Waals surface area contributed by atoms with Crippen molar-refractivity contribution in [1.82, 2.24) is 9.55 Å². The van der Waals surface area contributed by atoms with Gasteiger partial charge in [-0.2, -0.15) is 0 Å². The summed E-state index contributed by atoms with van der Waals surface area (Å²) in [5.74, 6) is 1.23. The number of fused-ring (bicyclic) bond motifs is 1. The summed E-state index contributed by atoms with van der Waals surface area (Å²) in [4.78, 5) is 20.0. The summed E-state index contributed by atoms with van der Waals surface area (Å²) in [7, 11) is 0. The normalized spacial score (nSPS) is 16.6. The molecule has 1 aliphatic heterocycles. The Morgan fingerprint density at radius 3 is 2.38 bits per heavy atom. The van der Waals surface area contributed by atoms with Gasteiger partial charge in [0.2, 0.25) is 5.91 Å². The highest BCUT2D eigenvalue weighted by Gasteiger charge is 2.35. The van der Waals surface area contributed by atoms with E-state index in [1.54, 1.807) is 0 Å². The Bertz CT molecular complexity index is 1360. The molecule has 5 rings (SSSR count). The molecule has 0 bridgehead atoms. The van der Waals surface area contributed by atoms with Crippen molar-refractivity contribution in [3.8, 4) is 0 Å². The van der Waals surface area contributed by atoms with Gasteiger partial charge in [0.05, 0.1) is 11.0 Å². The van der Waals surface area contributed by atoms with Gasteiger partial charge in [-0.1, -0.05) is 63.2 Å². The van der Waals surface area contributed by atoms with E-state index in [1.807, 2.05) is 11.0 Å². The zero-order valence-corrected chi connectivity index (χ0v) is 20.8. The Hall–Kier alpha value is -3.40. The molecule has 0 N–H and O–H groups in total. The van der Waals surface area contributed by atoms with E-state index in [-0.39, 0.29) is 17.2 Å². The van der Waals surface area contributed by atoms with E-state index in [0.29, 0.717) is 13.0 Å². The Labute approximate surface area is 202 Å². The van der Waals surface area contributed by atoms with Gasteiger partial charge in [-0.3, -0.25) is 4.79 Å². The van der Waals surface area contributed by atoms with Gasteiger partial charge in [-0.05, 0) is 65.8 Å². The average molecular weight is 452 g/mol. The molecule has 0 spiro atoms. The summed E-state index contributed by atoms with van der Waals surface area (Å²) in [5, 5.41) is 0. The van der Waals surface area contributed by atoms with Gasteiger partial charge in [0.1, 0.15) is 5.82 Å². The molecule has 1 aromatic heterocycles. The summed E-state index contributed by atoms with van der Waals surface area (Å²) in [6.07, 6.45) is 0.485. The minimum absolute atomic E-state index is 0.0651. The molecule has 1 saturated heterocycles. The van der Waals surface area contributed by atoms with E-state index >= 15 is 0 Å². The molecule has 4 heteroatoms. The van der Waals surface area contributed by atoms with Crippen molar-refractivity contribution in [2.24, 2.45) is 0 Å². The molecule has 0 aliphatic carbocycles. The highest BCUT2D eigenvalue weighted by Crippen LogP contribution is 2.34. The van der Waals surface area contributed by atoms with E-state index in [0.717, 1.165) is 29.1 Å². The zero-order chi connectivity index (χ0) is 24.0. The molecule has 4 aromatic rings.